The van der Waals surface area contributed by atoms with E-state index < -0.39 is 0 Å². The molecule has 1 nitrogen and oxygen atoms in total. The smallest absolute Gasteiger partial charge is 0.142 e. The molecule has 1 aliphatic carbocycles. The van der Waals surface area contributed by atoms with Crippen LogP contribution in [-0.2, 0) is 10.2 Å². The molecular weight excluding hydrogens is 232 g/mol. The highest BCUT2D eigenvalue weighted by atomic mass is 16.1. The second kappa shape index (κ2) is 4.20. The van der Waals surface area contributed by atoms with Crippen LogP contribution < -0.4 is 0 Å². The van der Waals surface area contributed by atoms with Gasteiger partial charge in [-0.1, -0.05) is 62.4 Å². The third-order valence-corrected chi connectivity index (χ3v) is 3.97. The van der Waals surface area contributed by atoms with Crippen LogP contribution in [0.2, 0.25) is 0 Å². The van der Waals surface area contributed by atoms with Crippen LogP contribution in [0.25, 0.3) is 17.2 Å². The van der Waals surface area contributed by atoms with Crippen molar-refractivity contribution in [1.82, 2.24) is 0 Å². The Balaban J connectivity index is 2.21. The maximum atomic E-state index is 10.4. The molecule has 0 heterocycles. The second-order valence-electron chi connectivity index (χ2n) is 5.47. The lowest BCUT2D eigenvalue weighted by Gasteiger charge is -2.21. The van der Waals surface area contributed by atoms with Crippen molar-refractivity contribution in [3.8, 4) is 11.1 Å². The summed E-state index contributed by atoms with van der Waals surface area (Å²) < 4.78 is 0. The molecule has 1 aliphatic rings. The number of carbonyl (C=O) groups is 1. The molecule has 0 unspecified atom stereocenters. The van der Waals surface area contributed by atoms with E-state index in [0.717, 1.165) is 11.8 Å². The normalized spacial score (nSPS) is 15.3. The van der Waals surface area contributed by atoms with Crippen molar-refractivity contribution >= 4 is 12.4 Å². The molecule has 19 heavy (non-hydrogen) atoms. The fourth-order valence-electron chi connectivity index (χ4n) is 2.98. The van der Waals surface area contributed by atoms with E-state index in [0.29, 0.717) is 0 Å². The highest BCUT2D eigenvalue weighted by Gasteiger charge is 2.34. The van der Waals surface area contributed by atoms with Crippen LogP contribution in [0.5, 0.6) is 0 Å². The van der Waals surface area contributed by atoms with Crippen LogP contribution in [0.4, 0.5) is 0 Å². The first-order valence-corrected chi connectivity index (χ1v) is 6.51. The summed E-state index contributed by atoms with van der Waals surface area (Å²) in [4.78, 5) is 10.4. The van der Waals surface area contributed by atoms with E-state index in [2.05, 4.69) is 56.3 Å². The molecule has 0 atom stereocenters. The average molecular weight is 248 g/mol. The molecule has 0 fully saturated rings. The fraction of sp³-hybridized carbons (Fsp3) is 0.167. The highest BCUT2D eigenvalue weighted by molar-refractivity contribution is 5.82. The Hall–Kier alpha value is -2.15. The van der Waals surface area contributed by atoms with Gasteiger partial charge in [-0.25, -0.2) is 0 Å². The summed E-state index contributed by atoms with van der Waals surface area (Å²) in [6.07, 6.45) is 4.20. The van der Waals surface area contributed by atoms with Gasteiger partial charge in [-0.3, -0.25) is 4.79 Å². The van der Waals surface area contributed by atoms with Crippen molar-refractivity contribution in [2.45, 2.75) is 19.3 Å². The molecule has 2 aromatic rings. The Morgan fingerprint density at radius 3 is 2.47 bits per heavy atom. The van der Waals surface area contributed by atoms with Crippen LogP contribution in [0.3, 0.4) is 0 Å². The zero-order chi connectivity index (χ0) is 13.5. The van der Waals surface area contributed by atoms with E-state index in [9.17, 15) is 4.79 Å². The largest absolute Gasteiger partial charge is 0.299 e. The second-order valence-corrected chi connectivity index (χ2v) is 5.47. The topological polar surface area (TPSA) is 17.1 Å². The Morgan fingerprint density at radius 2 is 1.68 bits per heavy atom. The first-order valence-electron chi connectivity index (χ1n) is 6.51. The van der Waals surface area contributed by atoms with Gasteiger partial charge in [-0.15, -0.1) is 0 Å². The minimum absolute atomic E-state index is 0.0248. The Bertz CT molecular complexity index is 678. The summed E-state index contributed by atoms with van der Waals surface area (Å²) in [7, 11) is 0. The lowest BCUT2D eigenvalue weighted by atomic mass is 9.82. The van der Waals surface area contributed by atoms with Crippen molar-refractivity contribution in [3.63, 3.8) is 0 Å². The fourth-order valence-corrected chi connectivity index (χ4v) is 2.98. The van der Waals surface area contributed by atoms with E-state index >= 15 is 0 Å². The molecule has 3 rings (SSSR count). The van der Waals surface area contributed by atoms with Gasteiger partial charge < -0.3 is 0 Å². The standard InChI is InChI=1S/C18H16O/c1-18(2)16-8-4-3-7-14(16)15-10-9-13(6-5-11-19)12-17(15)18/h3-12H,1-2H3. The van der Waals surface area contributed by atoms with Gasteiger partial charge in [0.15, 0.2) is 0 Å². The molecular formula is C18H16O. The summed E-state index contributed by atoms with van der Waals surface area (Å²) in [5.74, 6) is 0. The molecule has 0 saturated carbocycles. The number of allylic oxidation sites excluding steroid dienone is 1. The maximum Gasteiger partial charge on any atom is 0.142 e. The number of hydrogen-bond donors (Lipinski definition) is 0. The number of benzene rings is 2. The monoisotopic (exact) mass is 248 g/mol. The van der Waals surface area contributed by atoms with E-state index in [1.54, 1.807) is 0 Å². The molecule has 1 heteroatoms. The predicted octanol–water partition coefficient (Wildman–Crippen LogP) is 4.21. The molecule has 0 spiro atoms. The van der Waals surface area contributed by atoms with Gasteiger partial charge in [0.25, 0.3) is 0 Å². The maximum absolute atomic E-state index is 10.4. The van der Waals surface area contributed by atoms with E-state index in [4.69, 9.17) is 0 Å². The van der Waals surface area contributed by atoms with Gasteiger partial charge in [0.2, 0.25) is 0 Å². The van der Waals surface area contributed by atoms with Gasteiger partial charge in [0.1, 0.15) is 6.29 Å². The predicted molar refractivity (Wildman–Crippen MR) is 79.1 cm³/mol. The quantitative estimate of drug-likeness (QED) is 0.575. The third kappa shape index (κ3) is 1.74. The van der Waals surface area contributed by atoms with Crippen LogP contribution in [0.15, 0.2) is 48.5 Å². The van der Waals surface area contributed by atoms with E-state index in [1.165, 1.54) is 28.3 Å². The molecule has 0 aliphatic heterocycles. The van der Waals surface area contributed by atoms with Crippen molar-refractivity contribution < 1.29 is 4.79 Å². The minimum Gasteiger partial charge on any atom is -0.299 e. The molecule has 0 aromatic heterocycles. The summed E-state index contributed by atoms with van der Waals surface area (Å²) in [5, 5.41) is 0. The number of aldehydes is 1. The lowest BCUT2D eigenvalue weighted by Crippen LogP contribution is -2.14. The first kappa shape index (κ1) is 11.9. The molecule has 94 valence electrons. The summed E-state index contributed by atoms with van der Waals surface area (Å²) in [6.45, 7) is 4.51. The van der Waals surface area contributed by atoms with Gasteiger partial charge in [0, 0.05) is 5.41 Å². The van der Waals surface area contributed by atoms with E-state index in [1.807, 2.05) is 6.08 Å². The van der Waals surface area contributed by atoms with Gasteiger partial charge >= 0.3 is 0 Å². The van der Waals surface area contributed by atoms with Crippen LogP contribution in [0.1, 0.15) is 30.5 Å². The number of rotatable bonds is 2. The molecule has 0 saturated heterocycles. The summed E-state index contributed by atoms with van der Waals surface area (Å²) >= 11 is 0. The van der Waals surface area contributed by atoms with Gasteiger partial charge in [0.05, 0.1) is 0 Å². The zero-order valence-electron chi connectivity index (χ0n) is 11.2. The molecule has 0 N–H and O–H groups in total. The van der Waals surface area contributed by atoms with Crippen LogP contribution in [0, 0.1) is 0 Å². The molecule has 0 amide bonds. The van der Waals surface area contributed by atoms with Crippen molar-refractivity contribution in [2.24, 2.45) is 0 Å². The highest BCUT2D eigenvalue weighted by Crippen LogP contribution is 2.48. The van der Waals surface area contributed by atoms with E-state index in [-0.39, 0.29) is 5.41 Å². The first-order chi connectivity index (χ1) is 9.14. The Morgan fingerprint density at radius 1 is 0.947 bits per heavy atom. The summed E-state index contributed by atoms with van der Waals surface area (Å²) in [5.41, 5.74) is 6.45. The number of hydrogen-bond acceptors (Lipinski definition) is 1. The van der Waals surface area contributed by atoms with Gasteiger partial charge in [-0.2, -0.15) is 0 Å². The molecule has 2 aromatic carbocycles. The lowest BCUT2D eigenvalue weighted by molar-refractivity contribution is -0.104. The van der Waals surface area contributed by atoms with Crippen LogP contribution >= 0.6 is 0 Å². The SMILES string of the molecule is CC1(C)c2ccccc2-c2ccc(C=CC=O)cc21. The summed E-state index contributed by atoms with van der Waals surface area (Å²) in [6, 6.07) is 15.0. The van der Waals surface area contributed by atoms with Crippen molar-refractivity contribution in [2.75, 3.05) is 0 Å². The third-order valence-electron chi connectivity index (χ3n) is 3.97. The molecule has 0 radical (unpaired) electrons. The Labute approximate surface area is 113 Å². The minimum atomic E-state index is 0.0248. The van der Waals surface area contributed by atoms with Crippen molar-refractivity contribution in [1.29, 1.82) is 0 Å². The van der Waals surface area contributed by atoms with Crippen LogP contribution in [-0.4, -0.2) is 6.29 Å². The van der Waals surface area contributed by atoms with Crippen molar-refractivity contribution in [3.05, 3.63) is 65.2 Å². The number of carbonyl (C=O) groups excluding carboxylic acids is 1. The average Bonchev–Trinajstić information content (AvgIpc) is 2.66. The number of fused-ring (bicyclic) bond motifs is 3. The Kier molecular flexibility index (Phi) is 2.63. The molecule has 0 bridgehead atoms. The van der Waals surface area contributed by atoms with Gasteiger partial charge in [-0.05, 0) is 33.9 Å². The zero-order valence-corrected chi connectivity index (χ0v) is 11.2.